The number of aliphatic carboxylic acids is 1. The topological polar surface area (TPSA) is 66.4 Å². The van der Waals surface area contributed by atoms with Gasteiger partial charge in [0.25, 0.3) is 0 Å². The van der Waals surface area contributed by atoms with Crippen molar-refractivity contribution in [1.82, 2.24) is 5.32 Å². The number of amides is 1. The number of carbonyl (C=O) groups excluding carboxylic acids is 1. The van der Waals surface area contributed by atoms with E-state index in [0.717, 1.165) is 12.2 Å². The first-order chi connectivity index (χ1) is 5.02. The number of hydrogen-bond donors (Lipinski definition) is 2. The van der Waals surface area contributed by atoms with Crippen LogP contribution in [-0.2, 0) is 9.59 Å². The lowest BCUT2D eigenvalue weighted by Crippen LogP contribution is -2.28. The lowest BCUT2D eigenvalue weighted by atomic mass is 10.4. The van der Waals surface area contributed by atoms with Gasteiger partial charge in [0.2, 0.25) is 5.91 Å². The van der Waals surface area contributed by atoms with E-state index in [2.05, 4.69) is 5.32 Å². The predicted octanol–water partition coefficient (Wildman–Crippen LogP) is 0.152. The Morgan fingerprint density at radius 3 is 2.27 bits per heavy atom. The maximum atomic E-state index is 10.7. The molecule has 0 unspecified atom stereocenters. The van der Waals surface area contributed by atoms with Crippen LogP contribution in [0.3, 0.4) is 0 Å². The van der Waals surface area contributed by atoms with Crippen LogP contribution in [-0.4, -0.2) is 23.0 Å². The number of hydrogen-bond acceptors (Lipinski definition) is 2. The van der Waals surface area contributed by atoms with Gasteiger partial charge >= 0.3 is 5.97 Å². The van der Waals surface area contributed by atoms with Gasteiger partial charge in [-0.15, -0.1) is 0 Å². The molecule has 11 heavy (non-hydrogen) atoms. The van der Waals surface area contributed by atoms with E-state index < -0.39 is 5.97 Å². The molecule has 0 aliphatic carbocycles. The second kappa shape index (κ2) is 4.49. The molecule has 0 aliphatic heterocycles. The number of carbonyl (C=O) groups is 2. The van der Waals surface area contributed by atoms with E-state index in [1.54, 1.807) is 13.8 Å². The second-order valence-corrected chi connectivity index (χ2v) is 2.33. The molecule has 1 amide bonds. The quantitative estimate of drug-likeness (QED) is 0.573. The minimum Gasteiger partial charge on any atom is -0.478 e. The summed E-state index contributed by atoms with van der Waals surface area (Å²) in [6.45, 7) is 3.60. The van der Waals surface area contributed by atoms with Gasteiger partial charge in [0.05, 0.1) is 0 Å². The summed E-state index contributed by atoms with van der Waals surface area (Å²) in [5.74, 6) is -1.51. The molecule has 0 aromatic heterocycles. The molecule has 0 radical (unpaired) electrons. The van der Waals surface area contributed by atoms with E-state index >= 15 is 0 Å². The van der Waals surface area contributed by atoms with Crippen molar-refractivity contribution in [1.29, 1.82) is 0 Å². The Hall–Kier alpha value is -1.32. The van der Waals surface area contributed by atoms with Crippen molar-refractivity contribution >= 4 is 11.9 Å². The first-order valence-corrected chi connectivity index (χ1v) is 3.24. The zero-order valence-corrected chi connectivity index (χ0v) is 6.50. The van der Waals surface area contributed by atoms with Crippen molar-refractivity contribution < 1.29 is 14.7 Å². The zero-order chi connectivity index (χ0) is 8.85. The smallest absolute Gasteiger partial charge is 0.328 e. The molecule has 62 valence electrons. The van der Waals surface area contributed by atoms with Gasteiger partial charge in [-0.3, -0.25) is 4.79 Å². The molecule has 0 aliphatic rings. The van der Waals surface area contributed by atoms with E-state index in [-0.39, 0.29) is 11.9 Å². The van der Waals surface area contributed by atoms with Crippen molar-refractivity contribution in [3.05, 3.63) is 12.2 Å². The minimum atomic E-state index is -1.12. The number of carboxylic acids is 1. The molecule has 0 rings (SSSR count). The van der Waals surface area contributed by atoms with Gasteiger partial charge in [-0.25, -0.2) is 4.79 Å². The summed E-state index contributed by atoms with van der Waals surface area (Å²) < 4.78 is 0. The van der Waals surface area contributed by atoms with E-state index in [1.165, 1.54) is 0 Å². The minimum absolute atomic E-state index is 0.0287. The standard InChI is InChI=1S/C7H11NO3/c1-5(2)8-6(9)3-4-7(10)11/h3-5H,1-2H3,(H,8,9)(H,10,11)/b4-3-. The van der Waals surface area contributed by atoms with Gasteiger partial charge in [0.15, 0.2) is 0 Å². The normalized spacial score (nSPS) is 10.5. The SMILES string of the molecule is CC(C)NC(=O)/C=C\C(=O)O. The number of nitrogens with one attached hydrogen (secondary N) is 1. The Kier molecular flexibility index (Phi) is 3.95. The molecular formula is C7H11NO3. The fourth-order valence-corrected chi connectivity index (χ4v) is 0.480. The van der Waals surface area contributed by atoms with Crippen molar-refractivity contribution in [2.75, 3.05) is 0 Å². The first-order valence-electron chi connectivity index (χ1n) is 3.24. The second-order valence-electron chi connectivity index (χ2n) is 2.33. The fourth-order valence-electron chi connectivity index (χ4n) is 0.480. The number of carboxylic acid groups (broad SMARTS) is 1. The Balaban J connectivity index is 3.78. The molecule has 4 heteroatoms. The van der Waals surface area contributed by atoms with Crippen molar-refractivity contribution in [3.63, 3.8) is 0 Å². The highest BCUT2D eigenvalue weighted by molar-refractivity contribution is 5.93. The van der Waals surface area contributed by atoms with Crippen LogP contribution in [0.2, 0.25) is 0 Å². The van der Waals surface area contributed by atoms with Crippen LogP contribution in [0.25, 0.3) is 0 Å². The van der Waals surface area contributed by atoms with Gasteiger partial charge in [-0.2, -0.15) is 0 Å². The summed E-state index contributed by atoms with van der Waals surface area (Å²) in [6.07, 6.45) is 1.79. The summed E-state index contributed by atoms with van der Waals surface area (Å²) in [4.78, 5) is 20.6. The van der Waals surface area contributed by atoms with Crippen LogP contribution in [0.1, 0.15) is 13.8 Å². The lowest BCUT2D eigenvalue weighted by Gasteiger charge is -2.03. The predicted molar refractivity (Wildman–Crippen MR) is 40.1 cm³/mol. The first kappa shape index (κ1) is 9.68. The van der Waals surface area contributed by atoms with Crippen molar-refractivity contribution in [2.45, 2.75) is 19.9 Å². The zero-order valence-electron chi connectivity index (χ0n) is 6.50. The highest BCUT2D eigenvalue weighted by Gasteiger charge is 1.97. The van der Waals surface area contributed by atoms with Gasteiger partial charge < -0.3 is 10.4 Å². The highest BCUT2D eigenvalue weighted by Crippen LogP contribution is 1.79. The summed E-state index contributed by atoms with van der Waals surface area (Å²) in [7, 11) is 0. The average molecular weight is 157 g/mol. The maximum Gasteiger partial charge on any atom is 0.328 e. The number of rotatable bonds is 3. The molecule has 0 spiro atoms. The van der Waals surface area contributed by atoms with Gasteiger partial charge in [0.1, 0.15) is 0 Å². The van der Waals surface area contributed by atoms with Crippen LogP contribution >= 0.6 is 0 Å². The molecule has 4 nitrogen and oxygen atoms in total. The monoisotopic (exact) mass is 157 g/mol. The van der Waals surface area contributed by atoms with Crippen LogP contribution in [0.5, 0.6) is 0 Å². The third kappa shape index (κ3) is 6.57. The van der Waals surface area contributed by atoms with E-state index in [4.69, 9.17) is 5.11 Å². The van der Waals surface area contributed by atoms with E-state index in [9.17, 15) is 9.59 Å². The van der Waals surface area contributed by atoms with Crippen LogP contribution in [0.4, 0.5) is 0 Å². The molecule has 0 heterocycles. The molecule has 0 saturated heterocycles. The molecule has 0 atom stereocenters. The molecule has 0 bridgehead atoms. The fraction of sp³-hybridized carbons (Fsp3) is 0.429. The van der Waals surface area contributed by atoms with Crippen molar-refractivity contribution in [2.24, 2.45) is 0 Å². The van der Waals surface area contributed by atoms with Crippen LogP contribution in [0.15, 0.2) is 12.2 Å². The molecule has 0 aromatic rings. The Bertz CT molecular complexity index is 184. The Labute approximate surface area is 64.9 Å². The van der Waals surface area contributed by atoms with Crippen molar-refractivity contribution in [3.8, 4) is 0 Å². The third-order valence-electron chi connectivity index (χ3n) is 0.808. The molecule has 0 aromatic carbocycles. The average Bonchev–Trinajstić information content (AvgIpc) is 1.82. The van der Waals surface area contributed by atoms with Crippen LogP contribution in [0, 0.1) is 0 Å². The third-order valence-corrected chi connectivity index (χ3v) is 0.808. The van der Waals surface area contributed by atoms with Gasteiger partial charge in [-0.1, -0.05) is 0 Å². The highest BCUT2D eigenvalue weighted by atomic mass is 16.4. The summed E-state index contributed by atoms with van der Waals surface area (Å²) in [6, 6.07) is 0.0287. The van der Waals surface area contributed by atoms with E-state index in [1.807, 2.05) is 0 Å². The largest absolute Gasteiger partial charge is 0.478 e. The van der Waals surface area contributed by atoms with E-state index in [0.29, 0.717) is 0 Å². The summed E-state index contributed by atoms with van der Waals surface area (Å²) >= 11 is 0. The van der Waals surface area contributed by atoms with Gasteiger partial charge in [-0.05, 0) is 13.8 Å². The van der Waals surface area contributed by atoms with Crippen LogP contribution < -0.4 is 5.32 Å². The summed E-state index contributed by atoms with van der Waals surface area (Å²) in [5.41, 5.74) is 0. The molecule has 2 N–H and O–H groups in total. The lowest BCUT2D eigenvalue weighted by molar-refractivity contribution is -0.131. The molecule has 0 saturated carbocycles. The maximum absolute atomic E-state index is 10.7. The molecular weight excluding hydrogens is 146 g/mol. The Morgan fingerprint density at radius 1 is 1.36 bits per heavy atom. The molecule has 0 fully saturated rings. The van der Waals surface area contributed by atoms with Gasteiger partial charge in [0, 0.05) is 18.2 Å². The summed E-state index contributed by atoms with van der Waals surface area (Å²) in [5, 5.41) is 10.6. The Morgan fingerprint density at radius 2 is 1.91 bits per heavy atom.